The van der Waals surface area contributed by atoms with E-state index in [0.717, 1.165) is 11.1 Å². The molecular weight excluding hydrogens is 428 g/mol. The predicted molar refractivity (Wildman–Crippen MR) is 122 cm³/mol. The predicted octanol–water partition coefficient (Wildman–Crippen LogP) is 4.71. The van der Waals surface area contributed by atoms with Crippen LogP contribution in [0.25, 0.3) is 0 Å². The van der Waals surface area contributed by atoms with Crippen LogP contribution in [-0.4, -0.2) is 25.0 Å². The lowest BCUT2D eigenvalue weighted by Crippen LogP contribution is -2.37. The van der Waals surface area contributed by atoms with Crippen molar-refractivity contribution in [3.63, 3.8) is 0 Å². The minimum absolute atomic E-state index is 0.277. The maximum absolute atomic E-state index is 13.6. The van der Waals surface area contributed by atoms with Gasteiger partial charge in [-0.1, -0.05) is 41.4 Å². The van der Waals surface area contributed by atoms with Crippen LogP contribution in [0.4, 0.5) is 11.4 Å². The first-order chi connectivity index (χ1) is 15.5. The van der Waals surface area contributed by atoms with Gasteiger partial charge in [0.05, 0.1) is 24.5 Å². The van der Waals surface area contributed by atoms with Crippen LogP contribution in [0.2, 0.25) is 5.02 Å². The third kappa shape index (κ3) is 3.32. The number of hydroxylamine groups is 1. The van der Waals surface area contributed by atoms with Crippen LogP contribution in [0.3, 0.4) is 0 Å². The monoisotopic (exact) mass is 448 g/mol. The Morgan fingerprint density at radius 1 is 0.844 bits per heavy atom. The number of rotatable bonds is 4. The largest absolute Gasteiger partial charge is 0.497 e. The molecule has 2 fully saturated rings. The van der Waals surface area contributed by atoms with Crippen molar-refractivity contribution in [2.45, 2.75) is 19.1 Å². The molecular formula is C25H21ClN2O4. The Bertz CT molecular complexity index is 1160. The van der Waals surface area contributed by atoms with E-state index < -0.39 is 18.1 Å². The molecule has 2 saturated heterocycles. The zero-order chi connectivity index (χ0) is 22.4. The quantitative estimate of drug-likeness (QED) is 0.541. The number of hydrogen-bond donors (Lipinski definition) is 0. The highest BCUT2D eigenvalue weighted by Crippen LogP contribution is 2.47. The molecule has 0 spiro atoms. The van der Waals surface area contributed by atoms with E-state index >= 15 is 0 Å². The topological polar surface area (TPSA) is 59.1 Å². The Balaban J connectivity index is 1.57. The highest BCUT2D eigenvalue weighted by molar-refractivity contribution is 6.30. The Labute approximate surface area is 190 Å². The van der Waals surface area contributed by atoms with E-state index in [2.05, 4.69) is 0 Å². The van der Waals surface area contributed by atoms with Crippen LogP contribution >= 0.6 is 11.6 Å². The fourth-order valence-corrected chi connectivity index (χ4v) is 4.44. The third-order valence-electron chi connectivity index (χ3n) is 5.95. The summed E-state index contributed by atoms with van der Waals surface area (Å²) < 4.78 is 5.28. The molecule has 7 heteroatoms. The first kappa shape index (κ1) is 20.5. The number of aryl methyl sites for hydroxylation is 1. The van der Waals surface area contributed by atoms with Gasteiger partial charge in [0.2, 0.25) is 5.91 Å². The van der Waals surface area contributed by atoms with E-state index in [1.807, 2.05) is 55.5 Å². The normalized spacial score (nSPS) is 22.4. The molecule has 5 rings (SSSR count). The number of carbonyl (C=O) groups excluding carboxylic acids is 2. The van der Waals surface area contributed by atoms with Crippen molar-refractivity contribution >= 4 is 34.8 Å². The zero-order valence-corrected chi connectivity index (χ0v) is 18.3. The number of halogens is 1. The number of imide groups is 1. The Hall–Kier alpha value is -3.35. The van der Waals surface area contributed by atoms with Gasteiger partial charge in [0.1, 0.15) is 11.7 Å². The molecule has 6 nitrogen and oxygen atoms in total. The van der Waals surface area contributed by atoms with E-state index in [-0.39, 0.29) is 11.8 Å². The summed E-state index contributed by atoms with van der Waals surface area (Å²) in [7, 11) is 1.60. The fourth-order valence-electron chi connectivity index (χ4n) is 4.31. The first-order valence-electron chi connectivity index (χ1n) is 10.3. The summed E-state index contributed by atoms with van der Waals surface area (Å²) in [5.41, 5.74) is 3.16. The summed E-state index contributed by atoms with van der Waals surface area (Å²) in [6, 6.07) is 21.4. The molecule has 2 amide bonds. The highest BCUT2D eigenvalue weighted by atomic mass is 35.5. The number of amides is 2. The van der Waals surface area contributed by atoms with Gasteiger partial charge < -0.3 is 4.74 Å². The first-order valence-corrected chi connectivity index (χ1v) is 10.7. The molecule has 0 aliphatic carbocycles. The number of carbonyl (C=O) groups is 2. The molecule has 2 aliphatic rings. The number of fused-ring (bicyclic) bond motifs is 1. The number of benzene rings is 3. The van der Waals surface area contributed by atoms with Gasteiger partial charge in [0.15, 0.2) is 6.10 Å². The standard InChI is InChI=1S/C25H21ClN2O4/c1-15-3-9-18(10-4-15)27-24(29)21-22(16-5-13-20(31-2)14-6-16)28(32-23(21)25(27)30)19-11-7-17(26)8-12-19/h3-14,21-23H,1-2H3/t21-,22-,23-/m0/s1. The summed E-state index contributed by atoms with van der Waals surface area (Å²) in [5, 5.41) is 2.24. The second-order valence-corrected chi connectivity index (χ2v) is 8.36. The van der Waals surface area contributed by atoms with Crippen molar-refractivity contribution in [3.05, 3.63) is 88.9 Å². The Morgan fingerprint density at radius 3 is 2.09 bits per heavy atom. The lowest BCUT2D eigenvalue weighted by molar-refractivity contribution is -0.126. The molecule has 162 valence electrons. The Morgan fingerprint density at radius 2 is 1.47 bits per heavy atom. The van der Waals surface area contributed by atoms with Crippen LogP contribution < -0.4 is 14.7 Å². The molecule has 0 bridgehead atoms. The molecule has 2 aliphatic heterocycles. The lowest BCUT2D eigenvalue weighted by Gasteiger charge is -2.29. The van der Waals surface area contributed by atoms with Gasteiger partial charge in [-0.25, -0.2) is 9.96 Å². The average molecular weight is 449 g/mol. The molecule has 3 atom stereocenters. The van der Waals surface area contributed by atoms with Crippen molar-refractivity contribution < 1.29 is 19.2 Å². The fraction of sp³-hybridized carbons (Fsp3) is 0.200. The zero-order valence-electron chi connectivity index (χ0n) is 17.6. The van der Waals surface area contributed by atoms with Crippen molar-refractivity contribution in [2.75, 3.05) is 17.1 Å². The van der Waals surface area contributed by atoms with E-state index in [0.29, 0.717) is 22.1 Å². The van der Waals surface area contributed by atoms with Crippen molar-refractivity contribution in [1.82, 2.24) is 0 Å². The van der Waals surface area contributed by atoms with Gasteiger partial charge in [0, 0.05) is 5.02 Å². The Kier molecular flexibility index (Phi) is 5.12. The molecule has 3 aromatic rings. The highest BCUT2D eigenvalue weighted by Gasteiger charge is 2.60. The maximum atomic E-state index is 13.6. The number of anilines is 2. The minimum atomic E-state index is -0.911. The molecule has 0 unspecified atom stereocenters. The second-order valence-electron chi connectivity index (χ2n) is 7.92. The van der Waals surface area contributed by atoms with Crippen LogP contribution in [-0.2, 0) is 14.4 Å². The second kappa shape index (κ2) is 7.97. The summed E-state index contributed by atoms with van der Waals surface area (Å²) in [6.45, 7) is 1.96. The molecule has 0 N–H and O–H groups in total. The summed E-state index contributed by atoms with van der Waals surface area (Å²) >= 11 is 6.06. The smallest absolute Gasteiger partial charge is 0.266 e. The van der Waals surface area contributed by atoms with Crippen LogP contribution in [0.15, 0.2) is 72.8 Å². The molecule has 2 heterocycles. The van der Waals surface area contributed by atoms with Gasteiger partial charge in [0.25, 0.3) is 5.91 Å². The summed E-state index contributed by atoms with van der Waals surface area (Å²) in [6.07, 6.45) is -0.911. The van der Waals surface area contributed by atoms with Gasteiger partial charge in [-0.15, -0.1) is 0 Å². The van der Waals surface area contributed by atoms with Gasteiger partial charge in [-0.3, -0.25) is 14.4 Å². The SMILES string of the molecule is COc1ccc([C@H]2[C@@H]3C(=O)N(c4ccc(C)cc4)C(=O)[C@H]3ON2c2ccc(Cl)cc2)cc1. The summed E-state index contributed by atoms with van der Waals surface area (Å²) in [4.78, 5) is 34.3. The van der Waals surface area contributed by atoms with Crippen LogP contribution in [0.1, 0.15) is 17.2 Å². The van der Waals surface area contributed by atoms with E-state index in [9.17, 15) is 9.59 Å². The molecule has 0 radical (unpaired) electrons. The van der Waals surface area contributed by atoms with Crippen molar-refractivity contribution in [2.24, 2.45) is 5.92 Å². The molecule has 32 heavy (non-hydrogen) atoms. The number of ether oxygens (including phenoxy) is 1. The van der Waals surface area contributed by atoms with E-state index in [1.165, 1.54) is 4.90 Å². The van der Waals surface area contributed by atoms with Gasteiger partial charge >= 0.3 is 0 Å². The molecule has 0 aromatic heterocycles. The third-order valence-corrected chi connectivity index (χ3v) is 6.20. The minimum Gasteiger partial charge on any atom is -0.497 e. The number of hydrogen-bond acceptors (Lipinski definition) is 5. The van der Waals surface area contributed by atoms with Gasteiger partial charge in [-0.05, 0) is 61.0 Å². The van der Waals surface area contributed by atoms with Crippen LogP contribution in [0.5, 0.6) is 5.75 Å². The van der Waals surface area contributed by atoms with Crippen molar-refractivity contribution in [3.8, 4) is 5.75 Å². The maximum Gasteiger partial charge on any atom is 0.266 e. The van der Waals surface area contributed by atoms with E-state index in [1.54, 1.807) is 36.4 Å². The number of nitrogens with zero attached hydrogens (tertiary/aromatic N) is 2. The molecule has 3 aromatic carbocycles. The van der Waals surface area contributed by atoms with E-state index in [4.69, 9.17) is 21.2 Å². The summed E-state index contributed by atoms with van der Waals surface area (Å²) in [5.74, 6) is -0.620. The van der Waals surface area contributed by atoms with Crippen LogP contribution in [0, 0.1) is 12.8 Å². The lowest BCUT2D eigenvalue weighted by atomic mass is 9.90. The molecule has 0 saturated carbocycles. The number of methoxy groups -OCH3 is 1. The average Bonchev–Trinajstić information content (AvgIpc) is 3.31. The van der Waals surface area contributed by atoms with Crippen molar-refractivity contribution in [1.29, 1.82) is 0 Å². The van der Waals surface area contributed by atoms with Gasteiger partial charge in [-0.2, -0.15) is 0 Å².